The zero-order valence-corrected chi connectivity index (χ0v) is 11.6. The highest BCUT2D eigenvalue weighted by Crippen LogP contribution is 2.19. The third kappa shape index (κ3) is 3.70. The number of amides is 1. The molecule has 1 N–H and O–H groups in total. The van der Waals surface area contributed by atoms with Gasteiger partial charge in [-0.25, -0.2) is 0 Å². The Kier molecular flexibility index (Phi) is 4.43. The molecule has 0 spiro atoms. The second-order valence-electron chi connectivity index (χ2n) is 5.19. The molecule has 0 bridgehead atoms. The highest BCUT2D eigenvalue weighted by molar-refractivity contribution is 5.78. The smallest absolute Gasteiger partial charge is 0.260 e. The molecule has 0 radical (unpaired) electrons. The van der Waals surface area contributed by atoms with Gasteiger partial charge in [0.05, 0.1) is 6.10 Å². The van der Waals surface area contributed by atoms with E-state index in [-0.39, 0.29) is 18.6 Å². The number of nitrogens with zero attached hydrogens (tertiary/aromatic N) is 1. The number of β-amino-alcohol motifs (C(OH)–C–C–N with tert-alkyl or cyclic N) is 1. The van der Waals surface area contributed by atoms with Crippen LogP contribution in [0.1, 0.15) is 24.0 Å². The number of benzene rings is 1. The number of aliphatic hydroxyl groups excluding tert-OH is 1. The van der Waals surface area contributed by atoms with Crippen molar-refractivity contribution in [1.82, 2.24) is 4.90 Å². The quantitative estimate of drug-likeness (QED) is 0.902. The first-order valence-electron chi connectivity index (χ1n) is 6.72. The molecule has 1 aromatic carbocycles. The van der Waals surface area contributed by atoms with E-state index >= 15 is 0 Å². The van der Waals surface area contributed by atoms with Gasteiger partial charge in [0.2, 0.25) is 0 Å². The second kappa shape index (κ2) is 6.06. The molecule has 1 fully saturated rings. The van der Waals surface area contributed by atoms with Gasteiger partial charge in [-0.05, 0) is 38.3 Å². The van der Waals surface area contributed by atoms with Crippen LogP contribution >= 0.6 is 0 Å². The highest BCUT2D eigenvalue weighted by Gasteiger charge is 2.22. The summed E-state index contributed by atoms with van der Waals surface area (Å²) < 4.78 is 5.57. The molecule has 0 aliphatic carbocycles. The van der Waals surface area contributed by atoms with Gasteiger partial charge in [-0.15, -0.1) is 0 Å². The third-order valence-electron chi connectivity index (χ3n) is 3.43. The molecule has 19 heavy (non-hydrogen) atoms. The van der Waals surface area contributed by atoms with Crippen molar-refractivity contribution in [2.45, 2.75) is 32.8 Å². The van der Waals surface area contributed by atoms with Gasteiger partial charge < -0.3 is 14.7 Å². The Morgan fingerprint density at radius 3 is 2.95 bits per heavy atom. The van der Waals surface area contributed by atoms with Gasteiger partial charge in [0.1, 0.15) is 5.75 Å². The summed E-state index contributed by atoms with van der Waals surface area (Å²) in [5.74, 6) is 0.690. The molecular formula is C15H21NO3. The Morgan fingerprint density at radius 2 is 2.26 bits per heavy atom. The lowest BCUT2D eigenvalue weighted by molar-refractivity contribution is -0.136. The minimum Gasteiger partial charge on any atom is -0.484 e. The van der Waals surface area contributed by atoms with Crippen molar-refractivity contribution in [1.29, 1.82) is 0 Å². The molecule has 4 heteroatoms. The molecule has 1 aliphatic heterocycles. The summed E-state index contributed by atoms with van der Waals surface area (Å²) in [7, 11) is 0. The Hall–Kier alpha value is -1.55. The molecule has 2 rings (SSSR count). The zero-order chi connectivity index (χ0) is 13.8. The average molecular weight is 263 g/mol. The SMILES string of the molecule is Cc1ccc(OCC(=O)N2CCCC(O)C2)c(C)c1. The summed E-state index contributed by atoms with van der Waals surface area (Å²) in [5.41, 5.74) is 2.21. The minimum atomic E-state index is -0.390. The van der Waals surface area contributed by atoms with Gasteiger partial charge in [0.25, 0.3) is 5.91 Å². The van der Waals surface area contributed by atoms with E-state index in [2.05, 4.69) is 0 Å². The van der Waals surface area contributed by atoms with Crippen LogP contribution in [0.15, 0.2) is 18.2 Å². The van der Waals surface area contributed by atoms with Crippen molar-refractivity contribution in [3.05, 3.63) is 29.3 Å². The first kappa shape index (κ1) is 13.9. The fraction of sp³-hybridized carbons (Fsp3) is 0.533. The van der Waals surface area contributed by atoms with Crippen LogP contribution < -0.4 is 4.74 Å². The van der Waals surface area contributed by atoms with Gasteiger partial charge in [0.15, 0.2) is 6.61 Å². The van der Waals surface area contributed by atoms with Crippen LogP contribution in [0.3, 0.4) is 0 Å². The van der Waals surface area contributed by atoms with Crippen LogP contribution in [0.4, 0.5) is 0 Å². The standard InChI is InChI=1S/C15H21NO3/c1-11-5-6-14(12(2)8-11)19-10-15(18)16-7-3-4-13(17)9-16/h5-6,8,13,17H,3-4,7,9-10H2,1-2H3. The second-order valence-corrected chi connectivity index (χ2v) is 5.19. The molecule has 1 aromatic rings. The fourth-order valence-corrected chi connectivity index (χ4v) is 2.37. The van der Waals surface area contributed by atoms with Crippen LogP contribution in [-0.4, -0.2) is 41.7 Å². The maximum atomic E-state index is 12.0. The van der Waals surface area contributed by atoms with E-state index < -0.39 is 0 Å². The summed E-state index contributed by atoms with van der Waals surface area (Å²) >= 11 is 0. The van der Waals surface area contributed by atoms with Crippen LogP contribution in [0, 0.1) is 13.8 Å². The van der Waals surface area contributed by atoms with Crippen molar-refractivity contribution in [3.8, 4) is 5.75 Å². The Balaban J connectivity index is 1.89. The average Bonchev–Trinajstić information content (AvgIpc) is 2.37. The molecule has 1 atom stereocenters. The molecule has 0 aromatic heterocycles. The van der Waals surface area contributed by atoms with E-state index in [1.54, 1.807) is 4.90 Å². The van der Waals surface area contributed by atoms with Gasteiger partial charge >= 0.3 is 0 Å². The lowest BCUT2D eigenvalue weighted by atomic mass is 10.1. The zero-order valence-electron chi connectivity index (χ0n) is 11.6. The number of carbonyl (C=O) groups is 1. The highest BCUT2D eigenvalue weighted by atomic mass is 16.5. The third-order valence-corrected chi connectivity index (χ3v) is 3.43. The summed E-state index contributed by atoms with van der Waals surface area (Å²) in [6.07, 6.45) is 1.25. The number of ether oxygens (including phenoxy) is 1. The topological polar surface area (TPSA) is 49.8 Å². The molecule has 1 unspecified atom stereocenters. The van der Waals surface area contributed by atoms with Crippen molar-refractivity contribution >= 4 is 5.91 Å². The number of likely N-dealkylation sites (tertiary alicyclic amines) is 1. The van der Waals surface area contributed by atoms with Crippen molar-refractivity contribution in [3.63, 3.8) is 0 Å². The minimum absolute atomic E-state index is 0.0383. The van der Waals surface area contributed by atoms with E-state index in [9.17, 15) is 9.90 Å². The predicted octanol–water partition coefficient (Wildman–Crippen LogP) is 1.67. The van der Waals surface area contributed by atoms with Crippen molar-refractivity contribution in [2.24, 2.45) is 0 Å². The Morgan fingerprint density at radius 1 is 1.47 bits per heavy atom. The van der Waals surface area contributed by atoms with E-state index in [1.165, 1.54) is 5.56 Å². The summed E-state index contributed by atoms with van der Waals surface area (Å²) in [6, 6.07) is 5.89. The van der Waals surface area contributed by atoms with Crippen LogP contribution in [-0.2, 0) is 4.79 Å². The number of hydrogen-bond donors (Lipinski definition) is 1. The van der Waals surface area contributed by atoms with Gasteiger partial charge in [-0.3, -0.25) is 4.79 Å². The normalized spacial score (nSPS) is 19.3. The van der Waals surface area contributed by atoms with Gasteiger partial charge in [0, 0.05) is 13.1 Å². The molecule has 4 nitrogen and oxygen atoms in total. The van der Waals surface area contributed by atoms with E-state index in [4.69, 9.17) is 4.74 Å². The van der Waals surface area contributed by atoms with Gasteiger partial charge in [-0.2, -0.15) is 0 Å². The number of carbonyl (C=O) groups excluding carboxylic acids is 1. The lowest BCUT2D eigenvalue weighted by Crippen LogP contribution is -2.44. The molecule has 1 aliphatic rings. The predicted molar refractivity (Wildman–Crippen MR) is 73.2 cm³/mol. The summed E-state index contributed by atoms with van der Waals surface area (Å²) in [6.45, 7) is 5.17. The molecule has 0 saturated carbocycles. The van der Waals surface area contributed by atoms with Crippen LogP contribution in [0.5, 0.6) is 5.75 Å². The first-order valence-corrected chi connectivity index (χ1v) is 6.72. The van der Waals surface area contributed by atoms with Gasteiger partial charge in [-0.1, -0.05) is 17.7 Å². The Labute approximate surface area is 114 Å². The van der Waals surface area contributed by atoms with Crippen LogP contribution in [0.2, 0.25) is 0 Å². The summed E-state index contributed by atoms with van der Waals surface area (Å²) in [5, 5.41) is 9.55. The number of piperidine rings is 1. The molecular weight excluding hydrogens is 242 g/mol. The number of aliphatic hydroxyl groups is 1. The van der Waals surface area contributed by atoms with E-state index in [1.807, 2.05) is 32.0 Å². The summed E-state index contributed by atoms with van der Waals surface area (Å²) in [4.78, 5) is 13.7. The molecule has 1 amide bonds. The molecule has 1 heterocycles. The van der Waals surface area contributed by atoms with Crippen molar-refractivity contribution in [2.75, 3.05) is 19.7 Å². The van der Waals surface area contributed by atoms with E-state index in [0.29, 0.717) is 13.1 Å². The Bertz CT molecular complexity index is 459. The monoisotopic (exact) mass is 263 g/mol. The maximum absolute atomic E-state index is 12.0. The first-order chi connectivity index (χ1) is 9.06. The molecule has 104 valence electrons. The number of aryl methyl sites for hydroxylation is 2. The van der Waals surface area contributed by atoms with E-state index in [0.717, 1.165) is 24.2 Å². The van der Waals surface area contributed by atoms with Crippen molar-refractivity contribution < 1.29 is 14.6 Å². The maximum Gasteiger partial charge on any atom is 0.260 e. The molecule has 1 saturated heterocycles. The number of rotatable bonds is 3. The fourth-order valence-electron chi connectivity index (χ4n) is 2.37. The lowest BCUT2D eigenvalue weighted by Gasteiger charge is -2.30. The largest absolute Gasteiger partial charge is 0.484 e. The van der Waals surface area contributed by atoms with Crippen LogP contribution in [0.25, 0.3) is 0 Å². The number of hydrogen-bond acceptors (Lipinski definition) is 3.